The molecule has 3 heterocycles. The van der Waals surface area contributed by atoms with Crippen molar-refractivity contribution in [2.45, 2.75) is 74.5 Å². The largest absolute Gasteiger partial charge is 0.384 e. The minimum absolute atomic E-state index is 0.232. The number of aromatic amines is 1. The lowest BCUT2D eigenvalue weighted by molar-refractivity contribution is -0.187. The van der Waals surface area contributed by atoms with Crippen LogP contribution < -0.4 is 11.1 Å². The second kappa shape index (κ2) is 10.0. The molecule has 0 radical (unpaired) electrons. The Balaban J connectivity index is 1.18. The van der Waals surface area contributed by atoms with Gasteiger partial charge in [0.1, 0.15) is 17.4 Å². The van der Waals surface area contributed by atoms with Crippen LogP contribution in [0.5, 0.6) is 0 Å². The fourth-order valence-corrected chi connectivity index (χ4v) is 5.99. The zero-order chi connectivity index (χ0) is 26.3. The second-order valence-corrected chi connectivity index (χ2v) is 10.5. The maximum absolute atomic E-state index is 14.1. The molecule has 2 saturated carbocycles. The zero-order valence-corrected chi connectivity index (χ0v) is 20.9. The van der Waals surface area contributed by atoms with Crippen LogP contribution in [0.2, 0.25) is 0 Å². The molecule has 3 unspecified atom stereocenters. The van der Waals surface area contributed by atoms with E-state index in [9.17, 15) is 13.2 Å². The van der Waals surface area contributed by atoms with Crippen molar-refractivity contribution >= 4 is 17.0 Å². The van der Waals surface area contributed by atoms with Gasteiger partial charge in [-0.3, -0.25) is 4.68 Å². The van der Waals surface area contributed by atoms with E-state index in [2.05, 4.69) is 61.1 Å². The summed E-state index contributed by atoms with van der Waals surface area (Å²) >= 11 is 0. The Bertz CT molecular complexity index is 1380. The van der Waals surface area contributed by atoms with Gasteiger partial charge in [0.15, 0.2) is 11.8 Å². The predicted molar refractivity (Wildman–Crippen MR) is 138 cm³/mol. The average molecular weight is 525 g/mol. The summed E-state index contributed by atoms with van der Waals surface area (Å²) in [5, 5.41) is 18.7. The predicted octanol–water partition coefficient (Wildman–Crippen LogP) is 4.89. The molecule has 8 nitrogen and oxygen atoms in total. The lowest BCUT2D eigenvalue weighted by Gasteiger charge is -2.39. The number of halogens is 3. The van der Waals surface area contributed by atoms with Crippen LogP contribution in [0.25, 0.3) is 11.2 Å². The van der Waals surface area contributed by atoms with Gasteiger partial charge >= 0.3 is 5.92 Å². The molecule has 3 atom stereocenters. The highest BCUT2D eigenvalue weighted by atomic mass is 19.3. The van der Waals surface area contributed by atoms with Crippen molar-refractivity contribution in [2.24, 2.45) is 0 Å². The Kier molecular flexibility index (Phi) is 6.55. The number of benzene rings is 1. The normalized spacial score (nSPS) is 25.8. The molecule has 1 aromatic carbocycles. The number of nitrogens with zero attached hydrogens (tertiary/aromatic N) is 5. The van der Waals surface area contributed by atoms with Gasteiger partial charge in [-0.1, -0.05) is 35.5 Å². The van der Waals surface area contributed by atoms with Gasteiger partial charge in [-0.25, -0.2) is 23.3 Å². The molecule has 11 heteroatoms. The number of nitrogen functional groups attached to an aromatic ring is 1. The van der Waals surface area contributed by atoms with Crippen LogP contribution in [0.1, 0.15) is 73.1 Å². The molecule has 2 aliphatic carbocycles. The molecule has 0 aliphatic heterocycles. The van der Waals surface area contributed by atoms with E-state index in [0.29, 0.717) is 41.9 Å². The smallest absolute Gasteiger partial charge is 0.300 e. The first kappa shape index (κ1) is 24.8. The summed E-state index contributed by atoms with van der Waals surface area (Å²) in [6.45, 7) is 0.713. The summed E-state index contributed by atoms with van der Waals surface area (Å²) in [7, 11) is 0. The van der Waals surface area contributed by atoms with E-state index in [1.807, 2.05) is 0 Å². The Morgan fingerprint density at radius 3 is 2.68 bits per heavy atom. The molecule has 0 spiro atoms. The Morgan fingerprint density at radius 2 is 1.95 bits per heavy atom. The molecular weight excluding hydrogens is 493 g/mol. The summed E-state index contributed by atoms with van der Waals surface area (Å²) in [6.07, 6.45) is 5.95. The number of hydrogen-bond acceptors (Lipinski definition) is 6. The third-order valence-corrected chi connectivity index (χ3v) is 8.22. The second-order valence-electron chi connectivity index (χ2n) is 10.5. The number of nitrogens with two attached hydrogens (primary N) is 1. The Hall–Kier alpha value is -3.47. The Labute approximate surface area is 218 Å². The molecule has 4 N–H and O–H groups in total. The highest BCUT2D eigenvalue weighted by Gasteiger charge is 2.60. The number of aromatic nitrogens is 6. The van der Waals surface area contributed by atoms with Crippen LogP contribution in [0.15, 0.2) is 48.8 Å². The summed E-state index contributed by atoms with van der Waals surface area (Å²) in [6, 6.07) is 11.6. The van der Waals surface area contributed by atoms with E-state index in [1.165, 1.54) is 10.2 Å². The third-order valence-electron chi connectivity index (χ3n) is 8.22. The minimum atomic E-state index is -3.42. The van der Waals surface area contributed by atoms with Crippen molar-refractivity contribution in [3.05, 3.63) is 65.5 Å². The third kappa shape index (κ3) is 4.63. The topological polar surface area (TPSA) is 110 Å². The molecule has 38 heavy (non-hydrogen) atoms. The average Bonchev–Trinajstić information content (AvgIpc) is 3.60. The first-order valence-corrected chi connectivity index (χ1v) is 13.2. The summed E-state index contributed by atoms with van der Waals surface area (Å²) in [4.78, 5) is 4.26. The fraction of sp³-hybridized carbons (Fsp3) is 0.481. The van der Waals surface area contributed by atoms with Crippen molar-refractivity contribution < 1.29 is 13.2 Å². The van der Waals surface area contributed by atoms with Gasteiger partial charge in [0, 0.05) is 24.6 Å². The van der Waals surface area contributed by atoms with Gasteiger partial charge in [0.05, 0.1) is 6.20 Å². The molecule has 3 aromatic heterocycles. The number of rotatable bonds is 8. The number of nitrogens with one attached hydrogen (secondary N) is 2. The van der Waals surface area contributed by atoms with E-state index in [1.54, 1.807) is 18.5 Å². The number of alkyl halides is 3. The minimum Gasteiger partial charge on any atom is -0.384 e. The fourth-order valence-electron chi connectivity index (χ4n) is 5.99. The van der Waals surface area contributed by atoms with Crippen LogP contribution in [0.3, 0.4) is 0 Å². The Morgan fingerprint density at radius 1 is 1.16 bits per heavy atom. The maximum atomic E-state index is 14.1. The summed E-state index contributed by atoms with van der Waals surface area (Å²) < 4.78 is 42.8. The molecule has 6 rings (SSSR count). The van der Waals surface area contributed by atoms with E-state index >= 15 is 0 Å². The lowest BCUT2D eigenvalue weighted by atomic mass is 9.81. The van der Waals surface area contributed by atoms with E-state index < -0.39 is 18.1 Å². The molecule has 4 aromatic rings. The van der Waals surface area contributed by atoms with Crippen LogP contribution in [-0.2, 0) is 0 Å². The number of H-pyrrole nitrogens is 1. The molecule has 2 aliphatic rings. The molecular formula is C27H31F3N8. The van der Waals surface area contributed by atoms with Crippen LogP contribution in [-0.4, -0.2) is 54.9 Å². The molecule has 0 saturated heterocycles. The first-order chi connectivity index (χ1) is 18.4. The van der Waals surface area contributed by atoms with Gasteiger partial charge in [0.2, 0.25) is 0 Å². The van der Waals surface area contributed by atoms with Gasteiger partial charge in [0.25, 0.3) is 0 Å². The number of fused-ring (bicyclic) bond motifs is 1. The van der Waals surface area contributed by atoms with Crippen molar-refractivity contribution in [1.29, 1.82) is 0 Å². The maximum Gasteiger partial charge on any atom is 0.300 e. The van der Waals surface area contributed by atoms with Crippen LogP contribution in [0.4, 0.5) is 19.0 Å². The van der Waals surface area contributed by atoms with Gasteiger partial charge in [-0.15, -0.1) is 5.10 Å². The highest BCUT2D eigenvalue weighted by Crippen LogP contribution is 2.49. The molecule has 200 valence electrons. The zero-order valence-electron chi connectivity index (χ0n) is 20.9. The molecule has 2 fully saturated rings. The molecule has 0 bridgehead atoms. The van der Waals surface area contributed by atoms with Crippen molar-refractivity contribution in [3.63, 3.8) is 0 Å². The van der Waals surface area contributed by atoms with Crippen LogP contribution >= 0.6 is 0 Å². The molecule has 0 amide bonds. The highest BCUT2D eigenvalue weighted by molar-refractivity contribution is 5.77. The monoisotopic (exact) mass is 524 g/mol. The van der Waals surface area contributed by atoms with Crippen molar-refractivity contribution in [3.8, 4) is 0 Å². The lowest BCUT2D eigenvalue weighted by Crippen LogP contribution is -2.51. The van der Waals surface area contributed by atoms with Gasteiger partial charge in [-0.2, -0.15) is 5.10 Å². The number of pyridine rings is 1. The summed E-state index contributed by atoms with van der Waals surface area (Å²) in [5.41, 5.74) is 10.1. The SMILES string of the molecule is Nc1cc(C(CCN[C@H]2CC[C@H](c3ccccc3)CC2)c2cnn(C3CC(F)C3(F)F)c2)c2nn[nH]c2n1. The quantitative estimate of drug-likeness (QED) is 0.303. The van der Waals surface area contributed by atoms with Crippen LogP contribution in [0, 0.1) is 0 Å². The van der Waals surface area contributed by atoms with Gasteiger partial charge in [-0.05, 0) is 67.3 Å². The van der Waals surface area contributed by atoms with E-state index in [0.717, 1.165) is 36.8 Å². The summed E-state index contributed by atoms with van der Waals surface area (Å²) in [5.74, 6) is -2.74. The van der Waals surface area contributed by atoms with Crippen molar-refractivity contribution in [2.75, 3.05) is 12.3 Å². The van der Waals surface area contributed by atoms with E-state index in [-0.39, 0.29) is 12.3 Å². The first-order valence-electron chi connectivity index (χ1n) is 13.2. The number of hydrogen-bond donors (Lipinski definition) is 3. The van der Waals surface area contributed by atoms with Gasteiger partial charge < -0.3 is 11.1 Å². The van der Waals surface area contributed by atoms with Crippen molar-refractivity contribution in [1.82, 2.24) is 35.5 Å². The number of anilines is 1. The van der Waals surface area contributed by atoms with E-state index in [4.69, 9.17) is 5.73 Å². The standard InChI is InChI=1S/C27H31F3N8/c28-22-13-23(27(22,29)30)38-15-18(14-33-38)20(21-12-24(31)34-26-25(21)35-37-36-26)10-11-32-19-8-6-17(7-9-19)16-4-2-1-3-5-16/h1-5,12,14-15,17,19-20,22-23,32H,6-11,13H2,(H3,31,34,35,36,37)/t17-,19-,20?,22?,23?.